The summed E-state index contributed by atoms with van der Waals surface area (Å²) in [5, 5.41) is 9.68. The van der Waals surface area contributed by atoms with E-state index in [0.717, 1.165) is 32.4 Å². The molecule has 1 saturated heterocycles. The normalized spacial score (nSPS) is 18.0. The van der Waals surface area contributed by atoms with Crippen LogP contribution in [0.5, 0.6) is 0 Å². The first-order chi connectivity index (χ1) is 11.6. The predicted molar refractivity (Wildman–Crippen MR) is 95.2 cm³/mol. The maximum atomic E-state index is 9.68. The zero-order valence-corrected chi connectivity index (χ0v) is 16.8. The summed E-state index contributed by atoms with van der Waals surface area (Å²) in [5.74, 6) is 0. The van der Waals surface area contributed by atoms with Gasteiger partial charge in [0.25, 0.3) is 0 Å². The van der Waals surface area contributed by atoms with Crippen LogP contribution in [0.3, 0.4) is 0 Å². The standard InChI is InChI=1S/C21H27INO/c1-17-14-18(2)16-19(15-17)21(10-13-24)8-11-23(12-9-21)22-20-6-4-3-5-7-20/h3-7,14-16,24H,8-13H2,1-2H3/q-1. The molecule has 2 aromatic rings. The summed E-state index contributed by atoms with van der Waals surface area (Å²) in [6.07, 6.45) is 3.19. The van der Waals surface area contributed by atoms with Crippen LogP contribution in [-0.2, 0) is 5.41 Å². The van der Waals surface area contributed by atoms with E-state index in [4.69, 9.17) is 0 Å². The molecule has 3 heteroatoms. The van der Waals surface area contributed by atoms with Gasteiger partial charge in [0, 0.05) is 0 Å². The van der Waals surface area contributed by atoms with Crippen LogP contribution in [0.1, 0.15) is 36.0 Å². The molecule has 2 nitrogen and oxygen atoms in total. The Morgan fingerprint density at radius 2 is 1.62 bits per heavy atom. The van der Waals surface area contributed by atoms with Crippen molar-refractivity contribution < 1.29 is 26.6 Å². The fourth-order valence-electron chi connectivity index (χ4n) is 3.78. The number of aryl methyl sites for hydroxylation is 2. The molecular weight excluding hydrogens is 409 g/mol. The number of aliphatic hydroxyl groups excluding tert-OH is 1. The number of aliphatic hydroxyl groups is 1. The number of nitrogens with zero attached hydrogens (tertiary/aromatic N) is 1. The third kappa shape index (κ3) is 4.19. The summed E-state index contributed by atoms with van der Waals surface area (Å²) in [7, 11) is 0. The van der Waals surface area contributed by atoms with Gasteiger partial charge in [0.15, 0.2) is 0 Å². The Morgan fingerprint density at radius 1 is 1.00 bits per heavy atom. The van der Waals surface area contributed by atoms with Crippen molar-refractivity contribution in [3.63, 3.8) is 0 Å². The van der Waals surface area contributed by atoms with Gasteiger partial charge in [-0.05, 0) is 0 Å². The van der Waals surface area contributed by atoms with Gasteiger partial charge in [-0.3, -0.25) is 0 Å². The van der Waals surface area contributed by atoms with Crippen molar-refractivity contribution in [1.29, 1.82) is 0 Å². The molecule has 3 rings (SSSR count). The van der Waals surface area contributed by atoms with Gasteiger partial charge in [-0.1, -0.05) is 0 Å². The molecule has 0 amide bonds. The molecule has 24 heavy (non-hydrogen) atoms. The fraction of sp³-hybridized carbons (Fsp3) is 0.429. The molecule has 0 atom stereocenters. The quantitative estimate of drug-likeness (QED) is 0.556. The summed E-state index contributed by atoms with van der Waals surface area (Å²) in [5.41, 5.74) is 4.26. The Bertz CT molecular complexity index is 643. The van der Waals surface area contributed by atoms with Crippen molar-refractivity contribution in [3.8, 4) is 0 Å². The van der Waals surface area contributed by atoms with E-state index in [2.05, 4.69) is 65.5 Å². The number of hydrogen-bond acceptors (Lipinski definition) is 2. The second-order valence-electron chi connectivity index (χ2n) is 6.92. The third-order valence-corrected chi connectivity index (χ3v) is 7.96. The van der Waals surface area contributed by atoms with E-state index in [-0.39, 0.29) is 33.5 Å². The SMILES string of the molecule is Cc1cc(C)cc(C2(CCO)CCN([I-]c3ccccc3)CC2)c1. The fourth-order valence-corrected chi connectivity index (χ4v) is 6.27. The van der Waals surface area contributed by atoms with Gasteiger partial charge >= 0.3 is 157 Å². The Hall–Kier alpha value is -0.910. The Morgan fingerprint density at radius 3 is 2.21 bits per heavy atom. The number of piperidine rings is 1. The summed E-state index contributed by atoms with van der Waals surface area (Å²) < 4.78 is 4.16. The van der Waals surface area contributed by atoms with Gasteiger partial charge in [-0.15, -0.1) is 0 Å². The van der Waals surface area contributed by atoms with Crippen LogP contribution in [0, 0.1) is 17.4 Å². The summed E-state index contributed by atoms with van der Waals surface area (Å²) in [6, 6.07) is 17.8. The number of hydrogen-bond donors (Lipinski definition) is 1. The van der Waals surface area contributed by atoms with Crippen molar-refractivity contribution in [1.82, 2.24) is 3.11 Å². The molecule has 0 spiro atoms. The molecule has 0 radical (unpaired) electrons. The van der Waals surface area contributed by atoms with Crippen LogP contribution < -0.4 is 21.5 Å². The summed E-state index contributed by atoms with van der Waals surface area (Å²) in [4.78, 5) is 0. The minimum atomic E-state index is -0.0584. The van der Waals surface area contributed by atoms with E-state index < -0.39 is 0 Å². The molecule has 130 valence electrons. The molecule has 0 aromatic heterocycles. The zero-order valence-electron chi connectivity index (χ0n) is 14.6. The molecule has 0 bridgehead atoms. The van der Waals surface area contributed by atoms with Crippen LogP contribution >= 0.6 is 0 Å². The van der Waals surface area contributed by atoms with E-state index in [1.165, 1.54) is 20.3 Å². The zero-order chi connectivity index (χ0) is 17.0. The summed E-state index contributed by atoms with van der Waals surface area (Å²) in [6.45, 7) is 6.93. The van der Waals surface area contributed by atoms with Crippen LogP contribution in [0.25, 0.3) is 0 Å². The molecule has 1 aliphatic rings. The van der Waals surface area contributed by atoms with Crippen molar-refractivity contribution in [2.45, 2.75) is 38.5 Å². The molecule has 1 fully saturated rings. The van der Waals surface area contributed by atoms with Crippen molar-refractivity contribution in [2.75, 3.05) is 19.7 Å². The first kappa shape index (κ1) is 17.9. The van der Waals surface area contributed by atoms with Gasteiger partial charge < -0.3 is 0 Å². The first-order valence-corrected chi connectivity index (χ1v) is 10.8. The van der Waals surface area contributed by atoms with Gasteiger partial charge in [0.2, 0.25) is 0 Å². The van der Waals surface area contributed by atoms with E-state index in [0.29, 0.717) is 0 Å². The number of rotatable bonds is 5. The molecule has 0 aliphatic carbocycles. The topological polar surface area (TPSA) is 23.5 Å². The van der Waals surface area contributed by atoms with Gasteiger partial charge in [-0.2, -0.15) is 0 Å². The van der Waals surface area contributed by atoms with Crippen molar-refractivity contribution in [2.24, 2.45) is 0 Å². The maximum absolute atomic E-state index is 9.68. The average molecular weight is 436 g/mol. The molecule has 0 saturated carbocycles. The predicted octanol–water partition coefficient (Wildman–Crippen LogP) is 0.893. The molecule has 1 heterocycles. The van der Waals surface area contributed by atoms with Crippen LogP contribution in [0.2, 0.25) is 0 Å². The Kier molecular flexibility index (Phi) is 5.95. The second-order valence-corrected chi connectivity index (χ2v) is 10.0. The molecule has 2 aromatic carbocycles. The molecule has 1 aliphatic heterocycles. The van der Waals surface area contributed by atoms with Gasteiger partial charge in [0.05, 0.1) is 0 Å². The van der Waals surface area contributed by atoms with Gasteiger partial charge in [0.1, 0.15) is 0 Å². The second kappa shape index (κ2) is 7.98. The van der Waals surface area contributed by atoms with E-state index in [9.17, 15) is 5.11 Å². The Labute approximate surface area is 156 Å². The summed E-state index contributed by atoms with van der Waals surface area (Å²) >= 11 is -0.0584. The molecular formula is C21H27INO-. The molecule has 1 N–H and O–H groups in total. The van der Waals surface area contributed by atoms with Gasteiger partial charge in [-0.25, -0.2) is 0 Å². The molecule has 0 unspecified atom stereocenters. The Balaban J connectivity index is 1.74. The van der Waals surface area contributed by atoms with Crippen molar-refractivity contribution >= 4 is 0 Å². The van der Waals surface area contributed by atoms with E-state index in [1.54, 1.807) is 0 Å². The third-order valence-electron chi connectivity index (χ3n) is 5.04. The monoisotopic (exact) mass is 436 g/mol. The van der Waals surface area contributed by atoms with E-state index >= 15 is 0 Å². The number of benzene rings is 2. The van der Waals surface area contributed by atoms with Crippen LogP contribution in [-0.4, -0.2) is 27.9 Å². The van der Waals surface area contributed by atoms with E-state index in [1.807, 2.05) is 0 Å². The van der Waals surface area contributed by atoms with Crippen molar-refractivity contribution in [3.05, 3.63) is 68.8 Å². The van der Waals surface area contributed by atoms with Crippen LogP contribution in [0.15, 0.2) is 48.5 Å². The average Bonchev–Trinajstić information content (AvgIpc) is 2.57. The minimum absolute atomic E-state index is 0.0584. The first-order valence-electron chi connectivity index (χ1n) is 8.76. The number of halogens is 1. The van der Waals surface area contributed by atoms with Crippen LogP contribution in [0.4, 0.5) is 0 Å².